The molecule has 1 fully saturated rings. The van der Waals surface area contributed by atoms with E-state index in [1.54, 1.807) is 0 Å². The molecule has 3 N–H and O–H groups in total. The van der Waals surface area contributed by atoms with E-state index in [4.69, 9.17) is 10.5 Å². The van der Waals surface area contributed by atoms with Crippen molar-refractivity contribution in [3.8, 4) is 0 Å². The van der Waals surface area contributed by atoms with Crippen LogP contribution in [0.1, 0.15) is 12.0 Å². The standard InChI is InChI=1S/C13H19NO2/c14-12(8-10-4-2-1-3-5-10)13(15)11-6-7-16-9-11/h1-5,11-13,15H,6-9,14H2. The summed E-state index contributed by atoms with van der Waals surface area (Å²) in [5.41, 5.74) is 7.20. The summed E-state index contributed by atoms with van der Waals surface area (Å²) in [7, 11) is 0. The quantitative estimate of drug-likeness (QED) is 0.796. The molecule has 0 radical (unpaired) electrons. The Hall–Kier alpha value is -0.900. The van der Waals surface area contributed by atoms with Gasteiger partial charge in [-0.3, -0.25) is 0 Å². The van der Waals surface area contributed by atoms with E-state index in [0.717, 1.165) is 19.4 Å². The summed E-state index contributed by atoms with van der Waals surface area (Å²) in [6.45, 7) is 1.39. The van der Waals surface area contributed by atoms with Crippen molar-refractivity contribution in [2.75, 3.05) is 13.2 Å². The van der Waals surface area contributed by atoms with Gasteiger partial charge < -0.3 is 15.6 Å². The Kier molecular flexibility index (Phi) is 3.93. The lowest BCUT2D eigenvalue weighted by atomic mass is 9.92. The molecule has 1 aromatic carbocycles. The van der Waals surface area contributed by atoms with Gasteiger partial charge in [-0.05, 0) is 18.4 Å². The maximum absolute atomic E-state index is 10.1. The van der Waals surface area contributed by atoms with Crippen molar-refractivity contribution in [2.24, 2.45) is 11.7 Å². The van der Waals surface area contributed by atoms with E-state index in [9.17, 15) is 5.11 Å². The third-order valence-electron chi connectivity index (χ3n) is 3.20. The Morgan fingerprint density at radius 2 is 2.12 bits per heavy atom. The molecule has 0 amide bonds. The fourth-order valence-corrected chi connectivity index (χ4v) is 2.18. The zero-order chi connectivity index (χ0) is 11.4. The third kappa shape index (κ3) is 2.82. The first-order valence-corrected chi connectivity index (χ1v) is 5.82. The van der Waals surface area contributed by atoms with E-state index in [1.807, 2.05) is 30.3 Å². The van der Waals surface area contributed by atoms with Gasteiger partial charge in [0.15, 0.2) is 0 Å². The minimum absolute atomic E-state index is 0.200. The van der Waals surface area contributed by atoms with Crippen molar-refractivity contribution in [2.45, 2.75) is 25.0 Å². The summed E-state index contributed by atoms with van der Waals surface area (Å²) in [4.78, 5) is 0. The molecule has 3 heteroatoms. The molecule has 3 unspecified atom stereocenters. The normalized spacial score (nSPS) is 24.2. The van der Waals surface area contributed by atoms with Crippen LogP contribution in [0.3, 0.4) is 0 Å². The number of nitrogens with two attached hydrogens (primary N) is 1. The number of hydrogen-bond donors (Lipinski definition) is 2. The highest BCUT2D eigenvalue weighted by Crippen LogP contribution is 2.19. The van der Waals surface area contributed by atoms with E-state index in [0.29, 0.717) is 6.61 Å². The van der Waals surface area contributed by atoms with Crippen molar-refractivity contribution in [1.29, 1.82) is 0 Å². The maximum Gasteiger partial charge on any atom is 0.0745 e. The van der Waals surface area contributed by atoms with Crippen molar-refractivity contribution in [3.63, 3.8) is 0 Å². The predicted octanol–water partition coefficient (Wildman–Crippen LogP) is 0.954. The monoisotopic (exact) mass is 221 g/mol. The van der Waals surface area contributed by atoms with Crippen molar-refractivity contribution < 1.29 is 9.84 Å². The molecule has 1 aliphatic heterocycles. The molecular formula is C13H19NO2. The minimum Gasteiger partial charge on any atom is -0.391 e. The van der Waals surface area contributed by atoms with Gasteiger partial charge in [0.2, 0.25) is 0 Å². The first-order valence-electron chi connectivity index (χ1n) is 5.82. The topological polar surface area (TPSA) is 55.5 Å². The second-order valence-electron chi connectivity index (χ2n) is 4.47. The highest BCUT2D eigenvalue weighted by atomic mass is 16.5. The van der Waals surface area contributed by atoms with Gasteiger partial charge in [-0.15, -0.1) is 0 Å². The van der Waals surface area contributed by atoms with Crippen molar-refractivity contribution in [1.82, 2.24) is 0 Å². The first kappa shape index (κ1) is 11.6. The lowest BCUT2D eigenvalue weighted by Crippen LogP contribution is -2.41. The fourth-order valence-electron chi connectivity index (χ4n) is 2.18. The van der Waals surface area contributed by atoms with E-state index in [-0.39, 0.29) is 12.0 Å². The van der Waals surface area contributed by atoms with Gasteiger partial charge in [0, 0.05) is 18.6 Å². The van der Waals surface area contributed by atoms with Crippen LogP contribution >= 0.6 is 0 Å². The van der Waals surface area contributed by atoms with Crippen LogP contribution in [0.25, 0.3) is 0 Å². The smallest absolute Gasteiger partial charge is 0.0745 e. The van der Waals surface area contributed by atoms with Gasteiger partial charge in [-0.1, -0.05) is 30.3 Å². The van der Waals surface area contributed by atoms with Gasteiger partial charge in [0.1, 0.15) is 0 Å². The predicted molar refractivity (Wildman–Crippen MR) is 63.1 cm³/mol. The van der Waals surface area contributed by atoms with E-state index >= 15 is 0 Å². The highest BCUT2D eigenvalue weighted by Gasteiger charge is 2.28. The maximum atomic E-state index is 10.1. The van der Waals surface area contributed by atoms with Gasteiger partial charge in [0.05, 0.1) is 12.7 Å². The number of aliphatic hydroxyl groups is 1. The van der Waals surface area contributed by atoms with Crippen LogP contribution in [0, 0.1) is 5.92 Å². The van der Waals surface area contributed by atoms with E-state index in [1.165, 1.54) is 5.56 Å². The molecule has 1 aromatic rings. The number of aliphatic hydroxyl groups excluding tert-OH is 1. The summed E-state index contributed by atoms with van der Waals surface area (Å²) >= 11 is 0. The average Bonchev–Trinajstić information content (AvgIpc) is 2.83. The number of rotatable bonds is 4. The Morgan fingerprint density at radius 3 is 2.75 bits per heavy atom. The average molecular weight is 221 g/mol. The zero-order valence-corrected chi connectivity index (χ0v) is 9.38. The van der Waals surface area contributed by atoms with Crippen LogP contribution in [0.2, 0.25) is 0 Å². The highest BCUT2D eigenvalue weighted by molar-refractivity contribution is 5.16. The summed E-state index contributed by atoms with van der Waals surface area (Å²) in [5, 5.41) is 10.1. The van der Waals surface area contributed by atoms with Crippen molar-refractivity contribution in [3.05, 3.63) is 35.9 Å². The molecule has 0 aliphatic carbocycles. The van der Waals surface area contributed by atoms with Crippen LogP contribution in [0.15, 0.2) is 30.3 Å². The summed E-state index contributed by atoms with van der Waals surface area (Å²) < 4.78 is 5.26. The molecule has 0 spiro atoms. The van der Waals surface area contributed by atoms with Gasteiger partial charge >= 0.3 is 0 Å². The van der Waals surface area contributed by atoms with Crippen LogP contribution < -0.4 is 5.73 Å². The first-order chi connectivity index (χ1) is 7.77. The Labute approximate surface area is 96.2 Å². The van der Waals surface area contributed by atoms with Gasteiger partial charge in [-0.25, -0.2) is 0 Å². The fraction of sp³-hybridized carbons (Fsp3) is 0.538. The molecule has 0 aromatic heterocycles. The minimum atomic E-state index is -0.456. The molecule has 1 saturated heterocycles. The molecule has 1 heterocycles. The molecule has 1 aliphatic rings. The third-order valence-corrected chi connectivity index (χ3v) is 3.20. The Balaban J connectivity index is 1.89. The summed E-state index contributed by atoms with van der Waals surface area (Å²) in [6.07, 6.45) is 1.19. The molecule has 0 bridgehead atoms. The number of ether oxygens (including phenoxy) is 1. The van der Waals surface area contributed by atoms with Crippen LogP contribution in [0.5, 0.6) is 0 Å². The SMILES string of the molecule is NC(Cc1ccccc1)C(O)C1CCOC1. The van der Waals surface area contributed by atoms with Crippen LogP contribution in [-0.2, 0) is 11.2 Å². The largest absolute Gasteiger partial charge is 0.391 e. The summed E-state index contributed by atoms with van der Waals surface area (Å²) in [5.74, 6) is 0.207. The van der Waals surface area contributed by atoms with Crippen LogP contribution in [-0.4, -0.2) is 30.5 Å². The summed E-state index contributed by atoms with van der Waals surface area (Å²) in [6, 6.07) is 9.85. The molecule has 0 saturated carbocycles. The lowest BCUT2D eigenvalue weighted by molar-refractivity contribution is 0.0707. The van der Waals surface area contributed by atoms with Crippen molar-refractivity contribution >= 4 is 0 Å². The molecule has 16 heavy (non-hydrogen) atoms. The van der Waals surface area contributed by atoms with Gasteiger partial charge in [-0.2, -0.15) is 0 Å². The second kappa shape index (κ2) is 5.43. The number of hydrogen-bond acceptors (Lipinski definition) is 3. The molecule has 88 valence electrons. The van der Waals surface area contributed by atoms with E-state index in [2.05, 4.69) is 0 Å². The van der Waals surface area contributed by atoms with Gasteiger partial charge in [0.25, 0.3) is 0 Å². The molecule has 3 nitrogen and oxygen atoms in total. The Bertz CT molecular complexity index is 309. The molecule has 2 rings (SSSR count). The second-order valence-corrected chi connectivity index (χ2v) is 4.47. The zero-order valence-electron chi connectivity index (χ0n) is 9.38. The number of benzene rings is 1. The lowest BCUT2D eigenvalue weighted by Gasteiger charge is -2.23. The van der Waals surface area contributed by atoms with E-state index < -0.39 is 6.10 Å². The Morgan fingerprint density at radius 1 is 1.38 bits per heavy atom. The molecule has 3 atom stereocenters. The van der Waals surface area contributed by atoms with Crippen LogP contribution in [0.4, 0.5) is 0 Å². The molecular weight excluding hydrogens is 202 g/mol.